The first kappa shape index (κ1) is 15.1. The molecular formula is C14H19FN4O2. The number of rotatable bonds is 4. The number of nitrogens with one attached hydrogen (secondary N) is 2. The van der Waals surface area contributed by atoms with E-state index in [-0.39, 0.29) is 30.0 Å². The molecule has 2 amide bonds. The van der Waals surface area contributed by atoms with Crippen LogP contribution in [0.15, 0.2) is 23.4 Å². The lowest BCUT2D eigenvalue weighted by Crippen LogP contribution is -2.40. The molecule has 21 heavy (non-hydrogen) atoms. The Bertz CT molecular complexity index is 542. The number of carbonyl (C=O) groups is 1. The van der Waals surface area contributed by atoms with Crippen LogP contribution in [0.4, 0.5) is 9.18 Å². The molecule has 1 aliphatic rings. The van der Waals surface area contributed by atoms with Crippen LogP contribution in [-0.2, 0) is 6.54 Å². The molecule has 2 rings (SSSR count). The molecule has 6 nitrogen and oxygen atoms in total. The Morgan fingerprint density at radius 2 is 2.14 bits per heavy atom. The van der Waals surface area contributed by atoms with Crippen molar-refractivity contribution < 1.29 is 14.4 Å². The fourth-order valence-electron chi connectivity index (χ4n) is 2.39. The summed E-state index contributed by atoms with van der Waals surface area (Å²) in [6.45, 7) is 0.0842. The van der Waals surface area contributed by atoms with E-state index < -0.39 is 5.82 Å². The minimum Gasteiger partial charge on any atom is -0.409 e. The summed E-state index contributed by atoms with van der Waals surface area (Å²) in [6, 6.07) is 4.13. The van der Waals surface area contributed by atoms with Gasteiger partial charge in [-0.2, -0.15) is 0 Å². The second kappa shape index (κ2) is 6.92. The number of amides is 2. The lowest BCUT2D eigenvalue weighted by Gasteiger charge is -2.13. The number of benzene rings is 1. The van der Waals surface area contributed by atoms with Gasteiger partial charge in [-0.1, -0.05) is 30.1 Å². The molecule has 114 valence electrons. The van der Waals surface area contributed by atoms with Crippen molar-refractivity contribution in [3.05, 3.63) is 35.1 Å². The molecule has 0 spiro atoms. The quantitative estimate of drug-likeness (QED) is 0.294. The molecule has 1 aromatic rings. The van der Waals surface area contributed by atoms with E-state index in [0.29, 0.717) is 5.56 Å². The van der Waals surface area contributed by atoms with Gasteiger partial charge in [0.25, 0.3) is 0 Å². The predicted octanol–water partition coefficient (Wildman–Crippen LogP) is 1.66. The molecule has 1 fully saturated rings. The van der Waals surface area contributed by atoms with Crippen LogP contribution in [0.2, 0.25) is 0 Å². The fraction of sp³-hybridized carbons (Fsp3) is 0.429. The SMILES string of the molecule is N/C(=N/O)c1ccc(CNC(=O)NC2CCCC2)c(F)c1. The molecule has 0 aromatic heterocycles. The highest BCUT2D eigenvalue weighted by Crippen LogP contribution is 2.17. The smallest absolute Gasteiger partial charge is 0.315 e. The highest BCUT2D eigenvalue weighted by molar-refractivity contribution is 5.97. The third-order valence-corrected chi connectivity index (χ3v) is 3.59. The monoisotopic (exact) mass is 294 g/mol. The number of hydrogen-bond acceptors (Lipinski definition) is 3. The van der Waals surface area contributed by atoms with E-state index in [2.05, 4.69) is 15.8 Å². The Hall–Kier alpha value is -2.31. The van der Waals surface area contributed by atoms with Crippen molar-refractivity contribution in [3.8, 4) is 0 Å². The van der Waals surface area contributed by atoms with Crippen molar-refractivity contribution in [3.63, 3.8) is 0 Å². The number of nitrogens with zero attached hydrogens (tertiary/aromatic N) is 1. The lowest BCUT2D eigenvalue weighted by atomic mass is 10.1. The van der Waals surface area contributed by atoms with Crippen LogP contribution in [-0.4, -0.2) is 23.1 Å². The van der Waals surface area contributed by atoms with Gasteiger partial charge in [0.1, 0.15) is 5.82 Å². The van der Waals surface area contributed by atoms with Crippen LogP contribution in [0.25, 0.3) is 0 Å². The molecule has 0 saturated heterocycles. The summed E-state index contributed by atoms with van der Waals surface area (Å²) >= 11 is 0. The second-order valence-corrected chi connectivity index (χ2v) is 5.10. The van der Waals surface area contributed by atoms with Crippen molar-refractivity contribution in [1.82, 2.24) is 10.6 Å². The Morgan fingerprint density at radius 3 is 2.76 bits per heavy atom. The molecule has 0 bridgehead atoms. The Morgan fingerprint density at radius 1 is 1.43 bits per heavy atom. The van der Waals surface area contributed by atoms with Crippen LogP contribution in [0, 0.1) is 5.82 Å². The molecule has 0 atom stereocenters. The van der Waals surface area contributed by atoms with E-state index in [9.17, 15) is 9.18 Å². The maximum Gasteiger partial charge on any atom is 0.315 e. The van der Waals surface area contributed by atoms with Crippen molar-refractivity contribution in [1.29, 1.82) is 0 Å². The minimum absolute atomic E-state index is 0.0842. The first-order valence-electron chi connectivity index (χ1n) is 6.91. The zero-order valence-electron chi connectivity index (χ0n) is 11.6. The van der Waals surface area contributed by atoms with Gasteiger partial charge < -0.3 is 21.6 Å². The van der Waals surface area contributed by atoms with Gasteiger partial charge in [0.15, 0.2) is 5.84 Å². The summed E-state index contributed by atoms with van der Waals surface area (Å²) in [7, 11) is 0. The number of nitrogens with two attached hydrogens (primary N) is 1. The maximum atomic E-state index is 13.8. The number of amidine groups is 1. The van der Waals surface area contributed by atoms with Gasteiger partial charge in [0, 0.05) is 23.7 Å². The Kier molecular flexibility index (Phi) is 4.97. The van der Waals surface area contributed by atoms with Gasteiger partial charge >= 0.3 is 6.03 Å². The first-order valence-corrected chi connectivity index (χ1v) is 6.91. The highest BCUT2D eigenvalue weighted by Gasteiger charge is 2.17. The van der Waals surface area contributed by atoms with Gasteiger partial charge in [-0.3, -0.25) is 0 Å². The Balaban J connectivity index is 1.89. The molecule has 0 radical (unpaired) electrons. The van der Waals surface area contributed by atoms with E-state index >= 15 is 0 Å². The van der Waals surface area contributed by atoms with Crippen LogP contribution in [0.1, 0.15) is 36.8 Å². The number of oxime groups is 1. The van der Waals surface area contributed by atoms with Crippen LogP contribution < -0.4 is 16.4 Å². The molecule has 0 aliphatic heterocycles. The number of hydrogen-bond donors (Lipinski definition) is 4. The van der Waals surface area contributed by atoms with Crippen LogP contribution in [0.3, 0.4) is 0 Å². The van der Waals surface area contributed by atoms with Crippen molar-refractivity contribution in [2.24, 2.45) is 10.9 Å². The normalized spacial score (nSPS) is 16.0. The predicted molar refractivity (Wildman–Crippen MR) is 76.5 cm³/mol. The van der Waals surface area contributed by atoms with Crippen molar-refractivity contribution in [2.75, 3.05) is 0 Å². The molecule has 1 aromatic carbocycles. The van der Waals surface area contributed by atoms with Gasteiger partial charge in [-0.25, -0.2) is 9.18 Å². The van der Waals surface area contributed by atoms with Crippen LogP contribution >= 0.6 is 0 Å². The number of halogens is 1. The average molecular weight is 294 g/mol. The van der Waals surface area contributed by atoms with E-state index in [4.69, 9.17) is 10.9 Å². The van der Waals surface area contributed by atoms with Gasteiger partial charge in [0.2, 0.25) is 0 Å². The van der Waals surface area contributed by atoms with Gasteiger partial charge in [-0.15, -0.1) is 0 Å². The third-order valence-electron chi connectivity index (χ3n) is 3.59. The summed E-state index contributed by atoms with van der Waals surface area (Å²) < 4.78 is 13.8. The summed E-state index contributed by atoms with van der Waals surface area (Å²) in [5.74, 6) is -0.673. The zero-order valence-corrected chi connectivity index (χ0v) is 11.6. The van der Waals surface area contributed by atoms with Crippen molar-refractivity contribution >= 4 is 11.9 Å². The minimum atomic E-state index is -0.514. The largest absolute Gasteiger partial charge is 0.409 e. The summed E-state index contributed by atoms with van der Waals surface area (Å²) in [6.07, 6.45) is 4.26. The third kappa shape index (κ3) is 4.08. The molecule has 0 heterocycles. The van der Waals surface area contributed by atoms with Gasteiger partial charge in [-0.05, 0) is 18.9 Å². The molecular weight excluding hydrogens is 275 g/mol. The molecule has 1 saturated carbocycles. The number of carbonyl (C=O) groups excluding carboxylic acids is 1. The second-order valence-electron chi connectivity index (χ2n) is 5.10. The number of urea groups is 1. The fourth-order valence-corrected chi connectivity index (χ4v) is 2.39. The van der Waals surface area contributed by atoms with Crippen LogP contribution in [0.5, 0.6) is 0 Å². The van der Waals surface area contributed by atoms with E-state index in [0.717, 1.165) is 25.7 Å². The lowest BCUT2D eigenvalue weighted by molar-refractivity contribution is 0.236. The van der Waals surface area contributed by atoms with E-state index in [1.165, 1.54) is 18.2 Å². The molecule has 5 N–H and O–H groups in total. The molecule has 0 unspecified atom stereocenters. The van der Waals surface area contributed by atoms with E-state index in [1.54, 1.807) is 0 Å². The van der Waals surface area contributed by atoms with E-state index in [1.807, 2.05) is 0 Å². The topological polar surface area (TPSA) is 99.7 Å². The molecule has 1 aliphatic carbocycles. The highest BCUT2D eigenvalue weighted by atomic mass is 19.1. The summed E-state index contributed by atoms with van der Waals surface area (Å²) in [5, 5.41) is 16.8. The average Bonchev–Trinajstić information content (AvgIpc) is 2.98. The Labute approximate surface area is 122 Å². The zero-order chi connectivity index (χ0) is 15.2. The molecule has 7 heteroatoms. The standard InChI is InChI=1S/C14H19FN4O2/c15-12-7-9(13(16)19-21)5-6-10(12)8-17-14(20)18-11-3-1-2-4-11/h5-7,11,21H,1-4,8H2,(H2,16,19)(H2,17,18,20). The first-order chi connectivity index (χ1) is 10.1. The summed E-state index contributed by atoms with van der Waals surface area (Å²) in [4.78, 5) is 11.7. The maximum absolute atomic E-state index is 13.8. The summed E-state index contributed by atoms with van der Waals surface area (Å²) in [5.41, 5.74) is 6.01. The van der Waals surface area contributed by atoms with Gasteiger partial charge in [0.05, 0.1) is 0 Å². The van der Waals surface area contributed by atoms with Crippen molar-refractivity contribution in [2.45, 2.75) is 38.3 Å².